The van der Waals surface area contributed by atoms with Crippen molar-refractivity contribution in [2.75, 3.05) is 6.54 Å². The Morgan fingerprint density at radius 3 is 2.88 bits per heavy atom. The number of nitrogens with one attached hydrogen (secondary N) is 1. The predicted octanol–water partition coefficient (Wildman–Crippen LogP) is 2.74. The van der Waals surface area contributed by atoms with E-state index in [9.17, 15) is 4.79 Å². The molecular weight excluding hydrogens is 334 g/mol. The normalized spacial score (nSPS) is 15.2. The number of amides is 1. The average molecular weight is 359 g/mol. The molecule has 0 aliphatic heterocycles. The lowest BCUT2D eigenvalue weighted by Crippen LogP contribution is -2.33. The number of hydrogen-bond acceptors (Lipinski definition) is 5. The Morgan fingerprint density at radius 2 is 2.12 bits per heavy atom. The van der Waals surface area contributed by atoms with Crippen LogP contribution in [0.3, 0.4) is 0 Å². The molecule has 0 spiro atoms. The highest BCUT2D eigenvalue weighted by Gasteiger charge is 2.20. The van der Waals surface area contributed by atoms with E-state index in [1.807, 2.05) is 29.8 Å². The Labute approximate surface area is 152 Å². The summed E-state index contributed by atoms with van der Waals surface area (Å²) in [5.41, 5.74) is 1.02. The van der Waals surface area contributed by atoms with Gasteiger partial charge in [-0.25, -0.2) is 0 Å². The third kappa shape index (κ3) is 5.04. The van der Waals surface area contributed by atoms with Crippen LogP contribution in [-0.2, 0) is 24.0 Å². The fourth-order valence-corrected chi connectivity index (χ4v) is 3.96. The maximum absolute atomic E-state index is 12.2. The molecule has 0 radical (unpaired) electrons. The average Bonchev–Trinajstić information content (AvgIpc) is 3.01. The highest BCUT2D eigenvalue weighted by atomic mass is 32.2. The number of aromatic nitrogens is 4. The molecule has 2 aromatic heterocycles. The largest absolute Gasteiger partial charge is 0.355 e. The van der Waals surface area contributed by atoms with Gasteiger partial charge in [0.2, 0.25) is 5.91 Å². The zero-order valence-electron chi connectivity index (χ0n) is 14.6. The van der Waals surface area contributed by atoms with Crippen molar-refractivity contribution in [3.05, 3.63) is 35.9 Å². The van der Waals surface area contributed by atoms with Crippen LogP contribution in [-0.4, -0.2) is 32.2 Å². The van der Waals surface area contributed by atoms with E-state index in [0.29, 0.717) is 13.0 Å². The summed E-state index contributed by atoms with van der Waals surface area (Å²) >= 11 is 1.62. The van der Waals surface area contributed by atoms with Crippen LogP contribution < -0.4 is 5.32 Å². The molecule has 3 rings (SSSR count). The molecule has 1 aliphatic rings. The van der Waals surface area contributed by atoms with E-state index in [0.717, 1.165) is 35.3 Å². The summed E-state index contributed by atoms with van der Waals surface area (Å²) < 4.78 is 2.00. The monoisotopic (exact) mass is 359 g/mol. The number of thioether (sulfide) groups is 1. The van der Waals surface area contributed by atoms with Crippen LogP contribution in [0.25, 0.3) is 0 Å². The van der Waals surface area contributed by atoms with Gasteiger partial charge in [0.15, 0.2) is 5.16 Å². The van der Waals surface area contributed by atoms with Crippen molar-refractivity contribution in [3.8, 4) is 0 Å². The second kappa shape index (κ2) is 8.99. The fraction of sp³-hybridized carbons (Fsp3) is 0.556. The van der Waals surface area contributed by atoms with Crippen LogP contribution >= 0.6 is 11.8 Å². The van der Waals surface area contributed by atoms with Crippen LogP contribution in [0.1, 0.15) is 43.6 Å². The van der Waals surface area contributed by atoms with Crippen molar-refractivity contribution in [2.24, 2.45) is 13.0 Å². The second-order valence-corrected chi connectivity index (χ2v) is 7.39. The maximum atomic E-state index is 12.2. The summed E-state index contributed by atoms with van der Waals surface area (Å²) in [5.74, 6) is 2.07. The van der Waals surface area contributed by atoms with E-state index in [2.05, 4.69) is 20.5 Å². The van der Waals surface area contributed by atoms with E-state index in [-0.39, 0.29) is 11.8 Å². The molecule has 0 atom stereocenters. The zero-order chi connectivity index (χ0) is 17.5. The van der Waals surface area contributed by atoms with Crippen LogP contribution in [0.2, 0.25) is 0 Å². The summed E-state index contributed by atoms with van der Waals surface area (Å²) in [7, 11) is 1.97. The van der Waals surface area contributed by atoms with Gasteiger partial charge in [-0.1, -0.05) is 37.1 Å². The van der Waals surface area contributed by atoms with Gasteiger partial charge in [-0.3, -0.25) is 9.78 Å². The SMILES string of the molecule is Cn1c(CCNC(=O)C2CCCCC2)nnc1SCc1ccccn1. The highest BCUT2D eigenvalue weighted by molar-refractivity contribution is 7.98. The first-order valence-corrected chi connectivity index (χ1v) is 9.91. The summed E-state index contributed by atoms with van der Waals surface area (Å²) in [4.78, 5) is 16.5. The Morgan fingerprint density at radius 1 is 1.28 bits per heavy atom. The predicted molar refractivity (Wildman–Crippen MR) is 98.1 cm³/mol. The smallest absolute Gasteiger partial charge is 0.223 e. The first-order valence-electron chi connectivity index (χ1n) is 8.92. The van der Waals surface area contributed by atoms with Crippen LogP contribution in [0.15, 0.2) is 29.6 Å². The van der Waals surface area contributed by atoms with Crippen molar-refractivity contribution in [1.82, 2.24) is 25.1 Å². The molecule has 25 heavy (non-hydrogen) atoms. The minimum absolute atomic E-state index is 0.201. The molecule has 1 fully saturated rings. The Hall–Kier alpha value is -1.89. The zero-order valence-corrected chi connectivity index (χ0v) is 15.5. The van der Waals surface area contributed by atoms with Gasteiger partial charge in [-0.2, -0.15) is 0 Å². The molecule has 0 bridgehead atoms. The van der Waals surface area contributed by atoms with Gasteiger partial charge < -0.3 is 9.88 Å². The first kappa shape index (κ1) is 17.9. The summed E-state index contributed by atoms with van der Waals surface area (Å²) in [6.45, 7) is 0.617. The Balaban J connectivity index is 1.45. The first-order chi connectivity index (χ1) is 12.2. The van der Waals surface area contributed by atoms with Crippen LogP contribution in [0, 0.1) is 5.92 Å². The minimum atomic E-state index is 0.201. The van der Waals surface area contributed by atoms with Gasteiger partial charge in [0.05, 0.1) is 5.69 Å². The molecule has 7 heteroatoms. The lowest BCUT2D eigenvalue weighted by Gasteiger charge is -2.20. The van der Waals surface area contributed by atoms with Crippen LogP contribution in [0.5, 0.6) is 0 Å². The molecule has 1 N–H and O–H groups in total. The summed E-state index contributed by atoms with van der Waals surface area (Å²) in [6, 6.07) is 5.90. The molecule has 1 amide bonds. The number of pyridine rings is 1. The molecule has 1 saturated carbocycles. The van der Waals surface area contributed by atoms with E-state index in [1.54, 1.807) is 18.0 Å². The third-order valence-corrected chi connectivity index (χ3v) is 5.68. The van der Waals surface area contributed by atoms with Gasteiger partial charge in [-0.15, -0.1) is 10.2 Å². The van der Waals surface area contributed by atoms with Crippen LogP contribution in [0.4, 0.5) is 0 Å². The molecule has 0 unspecified atom stereocenters. The van der Waals surface area contributed by atoms with E-state index < -0.39 is 0 Å². The van der Waals surface area contributed by atoms with Crippen molar-refractivity contribution in [1.29, 1.82) is 0 Å². The van der Waals surface area contributed by atoms with Gasteiger partial charge in [0.1, 0.15) is 5.82 Å². The third-order valence-electron chi connectivity index (χ3n) is 4.62. The van der Waals surface area contributed by atoms with Crippen molar-refractivity contribution in [3.63, 3.8) is 0 Å². The fourth-order valence-electron chi connectivity index (χ4n) is 3.12. The molecule has 6 nitrogen and oxygen atoms in total. The van der Waals surface area contributed by atoms with Crippen molar-refractivity contribution < 1.29 is 4.79 Å². The van der Waals surface area contributed by atoms with Gasteiger partial charge in [0.25, 0.3) is 0 Å². The second-order valence-electron chi connectivity index (χ2n) is 6.44. The quantitative estimate of drug-likeness (QED) is 0.770. The van der Waals surface area contributed by atoms with E-state index >= 15 is 0 Å². The Kier molecular flexibility index (Phi) is 6.44. The lowest BCUT2D eigenvalue weighted by molar-refractivity contribution is -0.125. The van der Waals surface area contributed by atoms with Crippen molar-refractivity contribution in [2.45, 2.75) is 49.4 Å². The van der Waals surface area contributed by atoms with Gasteiger partial charge in [0, 0.05) is 37.9 Å². The molecule has 2 aromatic rings. The molecular formula is C18H25N5OS. The molecule has 134 valence electrons. The molecule has 0 aromatic carbocycles. The number of hydrogen-bond donors (Lipinski definition) is 1. The molecule has 1 aliphatic carbocycles. The van der Waals surface area contributed by atoms with Crippen molar-refractivity contribution >= 4 is 17.7 Å². The standard InChI is InChI=1S/C18H25N5OS/c1-23-16(10-12-20-17(24)14-7-3-2-4-8-14)21-22-18(23)25-13-15-9-5-6-11-19-15/h5-6,9,11,14H,2-4,7-8,10,12-13H2,1H3,(H,20,24). The highest BCUT2D eigenvalue weighted by Crippen LogP contribution is 2.23. The number of rotatable bonds is 7. The topological polar surface area (TPSA) is 72.7 Å². The molecule has 0 saturated heterocycles. The maximum Gasteiger partial charge on any atom is 0.223 e. The number of nitrogens with zero attached hydrogens (tertiary/aromatic N) is 4. The van der Waals surface area contributed by atoms with E-state index in [1.165, 1.54) is 19.3 Å². The number of carbonyl (C=O) groups is 1. The van der Waals surface area contributed by atoms with Gasteiger partial charge >= 0.3 is 0 Å². The summed E-state index contributed by atoms with van der Waals surface area (Å²) in [6.07, 6.45) is 8.19. The van der Waals surface area contributed by atoms with E-state index in [4.69, 9.17) is 0 Å². The minimum Gasteiger partial charge on any atom is -0.355 e. The number of carbonyl (C=O) groups excluding carboxylic acids is 1. The summed E-state index contributed by atoms with van der Waals surface area (Å²) in [5, 5.41) is 12.4. The molecule has 2 heterocycles. The lowest BCUT2D eigenvalue weighted by atomic mass is 9.89. The van der Waals surface area contributed by atoms with Gasteiger partial charge in [-0.05, 0) is 25.0 Å². The Bertz CT molecular complexity index is 682.